The Kier molecular flexibility index (Phi) is 3.36. The predicted octanol–water partition coefficient (Wildman–Crippen LogP) is 0.205. The molecule has 0 radical (unpaired) electrons. The van der Waals surface area contributed by atoms with Gasteiger partial charge in [-0.1, -0.05) is 6.92 Å². The molecule has 6 nitrogen and oxygen atoms in total. The lowest BCUT2D eigenvalue weighted by atomic mass is 9.92. The van der Waals surface area contributed by atoms with Gasteiger partial charge in [0, 0.05) is 19.8 Å². The third kappa shape index (κ3) is 2.23. The first-order valence-electron chi connectivity index (χ1n) is 6.09. The Morgan fingerprint density at radius 3 is 2.72 bits per heavy atom. The van der Waals surface area contributed by atoms with Crippen molar-refractivity contribution in [1.29, 1.82) is 0 Å². The van der Waals surface area contributed by atoms with Gasteiger partial charge in [-0.2, -0.15) is 5.10 Å². The van der Waals surface area contributed by atoms with Crippen molar-refractivity contribution in [3.63, 3.8) is 0 Å². The molecule has 2 atom stereocenters. The maximum absolute atomic E-state index is 11.9. The third-order valence-corrected chi connectivity index (χ3v) is 3.49. The van der Waals surface area contributed by atoms with Gasteiger partial charge < -0.3 is 10.6 Å². The second-order valence-corrected chi connectivity index (χ2v) is 4.90. The quantitative estimate of drug-likeness (QED) is 0.723. The van der Waals surface area contributed by atoms with Crippen LogP contribution in [0, 0.1) is 5.92 Å². The molecule has 1 aromatic rings. The van der Waals surface area contributed by atoms with Crippen molar-refractivity contribution in [2.24, 2.45) is 18.7 Å². The standard InChI is InChI=1S/C12H18N4O2/c1-8-3-4-10(9-5-6-14-15(9)2)16(7-8)12(18)11(13)17/h5-6,8,10H,3-4,7H2,1-2H3,(H2,13,17)/t8-,10-/m1/s1. The van der Waals surface area contributed by atoms with E-state index in [1.54, 1.807) is 15.8 Å². The number of amides is 2. The topological polar surface area (TPSA) is 81.2 Å². The molecule has 2 N–H and O–H groups in total. The highest BCUT2D eigenvalue weighted by atomic mass is 16.2. The van der Waals surface area contributed by atoms with Crippen LogP contribution in [0.3, 0.4) is 0 Å². The molecule has 98 valence electrons. The molecule has 0 saturated carbocycles. The summed E-state index contributed by atoms with van der Waals surface area (Å²) in [5.74, 6) is -1.11. The molecule has 1 aliphatic heterocycles. The van der Waals surface area contributed by atoms with Crippen LogP contribution in [0.15, 0.2) is 12.3 Å². The summed E-state index contributed by atoms with van der Waals surface area (Å²) in [6, 6.07) is 1.77. The zero-order valence-corrected chi connectivity index (χ0v) is 10.7. The van der Waals surface area contributed by atoms with Gasteiger partial charge in [-0.05, 0) is 24.8 Å². The van der Waals surface area contributed by atoms with Crippen molar-refractivity contribution >= 4 is 11.8 Å². The van der Waals surface area contributed by atoms with Crippen LogP contribution in [0.25, 0.3) is 0 Å². The molecule has 6 heteroatoms. The van der Waals surface area contributed by atoms with E-state index < -0.39 is 11.8 Å². The Morgan fingerprint density at radius 1 is 1.44 bits per heavy atom. The average Bonchev–Trinajstić information content (AvgIpc) is 2.74. The molecule has 1 aliphatic rings. The zero-order chi connectivity index (χ0) is 13.3. The summed E-state index contributed by atoms with van der Waals surface area (Å²) in [5.41, 5.74) is 6.05. The molecule has 0 aliphatic carbocycles. The first-order chi connectivity index (χ1) is 8.50. The molecule has 0 bridgehead atoms. The van der Waals surface area contributed by atoms with Gasteiger partial charge in [0.05, 0.1) is 11.7 Å². The van der Waals surface area contributed by atoms with Crippen LogP contribution in [0.5, 0.6) is 0 Å². The largest absolute Gasteiger partial charge is 0.361 e. The Bertz CT molecular complexity index is 468. The van der Waals surface area contributed by atoms with E-state index in [9.17, 15) is 9.59 Å². The lowest BCUT2D eigenvalue weighted by Crippen LogP contribution is -2.47. The van der Waals surface area contributed by atoms with Crippen LogP contribution in [0.1, 0.15) is 31.5 Å². The molecular formula is C12H18N4O2. The zero-order valence-electron chi connectivity index (χ0n) is 10.7. The summed E-state index contributed by atoms with van der Waals surface area (Å²) in [5, 5.41) is 4.11. The van der Waals surface area contributed by atoms with Crippen molar-refractivity contribution in [3.8, 4) is 0 Å². The molecule has 0 spiro atoms. The molecule has 18 heavy (non-hydrogen) atoms. The molecule has 2 rings (SSSR count). The van der Waals surface area contributed by atoms with Gasteiger partial charge in [0.25, 0.3) is 0 Å². The Labute approximate surface area is 106 Å². The average molecular weight is 250 g/mol. The van der Waals surface area contributed by atoms with Crippen molar-refractivity contribution in [3.05, 3.63) is 18.0 Å². The van der Waals surface area contributed by atoms with Crippen molar-refractivity contribution in [2.45, 2.75) is 25.8 Å². The van der Waals surface area contributed by atoms with Gasteiger partial charge in [0.2, 0.25) is 0 Å². The fourth-order valence-corrected chi connectivity index (χ4v) is 2.54. The minimum atomic E-state index is -0.892. The third-order valence-electron chi connectivity index (χ3n) is 3.49. The maximum atomic E-state index is 11.9. The van der Waals surface area contributed by atoms with Crippen LogP contribution in [0.2, 0.25) is 0 Å². The molecule has 1 aromatic heterocycles. The van der Waals surface area contributed by atoms with Gasteiger partial charge in [-0.15, -0.1) is 0 Å². The monoisotopic (exact) mass is 250 g/mol. The van der Waals surface area contributed by atoms with E-state index >= 15 is 0 Å². The number of likely N-dealkylation sites (tertiary alicyclic amines) is 1. The first kappa shape index (κ1) is 12.6. The molecule has 1 saturated heterocycles. The van der Waals surface area contributed by atoms with Crippen molar-refractivity contribution in [1.82, 2.24) is 14.7 Å². The molecule has 2 heterocycles. The van der Waals surface area contributed by atoms with Crippen LogP contribution in [-0.2, 0) is 16.6 Å². The molecule has 1 fully saturated rings. The summed E-state index contributed by atoms with van der Waals surface area (Å²) in [4.78, 5) is 24.6. The van der Waals surface area contributed by atoms with Crippen LogP contribution in [-0.4, -0.2) is 33.0 Å². The number of hydrogen-bond donors (Lipinski definition) is 1. The Balaban J connectivity index is 2.29. The Hall–Kier alpha value is -1.85. The fourth-order valence-electron chi connectivity index (χ4n) is 2.54. The number of rotatable bonds is 1. The van der Waals surface area contributed by atoms with E-state index in [4.69, 9.17) is 5.73 Å². The van der Waals surface area contributed by atoms with Gasteiger partial charge in [0.15, 0.2) is 0 Å². The SMILES string of the molecule is C[C@@H]1CC[C@H](c2ccnn2C)N(C(=O)C(N)=O)C1. The van der Waals surface area contributed by atoms with E-state index in [0.717, 1.165) is 18.5 Å². The lowest BCUT2D eigenvalue weighted by molar-refractivity contribution is -0.147. The van der Waals surface area contributed by atoms with Crippen molar-refractivity contribution < 1.29 is 9.59 Å². The maximum Gasteiger partial charge on any atom is 0.312 e. The van der Waals surface area contributed by atoms with Gasteiger partial charge in [-0.25, -0.2) is 0 Å². The number of hydrogen-bond acceptors (Lipinski definition) is 3. The van der Waals surface area contributed by atoms with Crippen LogP contribution in [0.4, 0.5) is 0 Å². The summed E-state index contributed by atoms with van der Waals surface area (Å²) in [6.07, 6.45) is 3.55. The Morgan fingerprint density at radius 2 is 2.17 bits per heavy atom. The molecule has 0 aromatic carbocycles. The summed E-state index contributed by atoms with van der Waals surface area (Å²) in [7, 11) is 1.83. The number of piperidine rings is 1. The normalized spacial score (nSPS) is 24.0. The van der Waals surface area contributed by atoms with Gasteiger partial charge in [-0.3, -0.25) is 14.3 Å². The first-order valence-corrected chi connectivity index (χ1v) is 6.09. The summed E-state index contributed by atoms with van der Waals surface area (Å²) >= 11 is 0. The number of nitrogens with zero attached hydrogens (tertiary/aromatic N) is 3. The number of aromatic nitrogens is 2. The number of carbonyl (C=O) groups excluding carboxylic acids is 2. The molecule has 0 unspecified atom stereocenters. The van der Waals surface area contributed by atoms with Crippen LogP contribution >= 0.6 is 0 Å². The lowest BCUT2D eigenvalue weighted by Gasteiger charge is -2.37. The number of aryl methyl sites for hydroxylation is 1. The van der Waals surface area contributed by atoms with E-state index in [1.807, 2.05) is 13.1 Å². The number of primary amides is 1. The van der Waals surface area contributed by atoms with E-state index in [-0.39, 0.29) is 6.04 Å². The van der Waals surface area contributed by atoms with Gasteiger partial charge >= 0.3 is 11.8 Å². The van der Waals surface area contributed by atoms with Crippen LogP contribution < -0.4 is 5.73 Å². The fraction of sp³-hybridized carbons (Fsp3) is 0.583. The number of carbonyl (C=O) groups is 2. The van der Waals surface area contributed by atoms with Gasteiger partial charge in [0.1, 0.15) is 0 Å². The van der Waals surface area contributed by atoms with E-state index in [0.29, 0.717) is 12.5 Å². The van der Waals surface area contributed by atoms with Crippen molar-refractivity contribution in [2.75, 3.05) is 6.54 Å². The highest BCUT2D eigenvalue weighted by Gasteiger charge is 2.34. The smallest absolute Gasteiger partial charge is 0.312 e. The molecular weight excluding hydrogens is 232 g/mol. The highest BCUT2D eigenvalue weighted by Crippen LogP contribution is 2.32. The second kappa shape index (κ2) is 4.80. The molecule has 2 amide bonds. The van der Waals surface area contributed by atoms with E-state index in [1.165, 1.54) is 0 Å². The number of nitrogens with two attached hydrogens (primary N) is 1. The summed E-state index contributed by atoms with van der Waals surface area (Å²) in [6.45, 7) is 2.64. The predicted molar refractivity (Wildman–Crippen MR) is 65.3 cm³/mol. The highest BCUT2D eigenvalue weighted by molar-refractivity contribution is 6.34. The van der Waals surface area contributed by atoms with E-state index in [2.05, 4.69) is 12.0 Å². The minimum absolute atomic E-state index is 0.103. The minimum Gasteiger partial charge on any atom is -0.361 e. The summed E-state index contributed by atoms with van der Waals surface area (Å²) < 4.78 is 1.74. The second-order valence-electron chi connectivity index (χ2n) is 4.90.